The molecule has 2 N–H and O–H groups in total. The normalized spacial score (nSPS) is 25.2. The molecule has 3 amide bonds. The Morgan fingerprint density at radius 1 is 1.41 bits per heavy atom. The van der Waals surface area contributed by atoms with Crippen LogP contribution in [0.5, 0.6) is 5.75 Å². The molecule has 7 heteroatoms. The molecule has 146 valence electrons. The number of benzene rings is 1. The number of hydrogen-bond acceptors (Lipinski definition) is 4. The minimum absolute atomic E-state index is 0.00624. The quantitative estimate of drug-likeness (QED) is 0.849. The van der Waals surface area contributed by atoms with Gasteiger partial charge in [-0.1, -0.05) is 12.8 Å². The third kappa shape index (κ3) is 3.14. The van der Waals surface area contributed by atoms with Gasteiger partial charge in [0.1, 0.15) is 5.75 Å². The molecule has 0 unspecified atom stereocenters. The molecule has 0 saturated heterocycles. The maximum atomic E-state index is 12.8. The van der Waals surface area contributed by atoms with Crippen molar-refractivity contribution >= 4 is 23.3 Å². The van der Waals surface area contributed by atoms with Crippen LogP contribution in [0, 0.1) is 5.41 Å². The van der Waals surface area contributed by atoms with Crippen molar-refractivity contribution in [2.45, 2.75) is 51.2 Å². The first-order chi connectivity index (χ1) is 13.0. The Hall–Kier alpha value is -2.28. The number of ether oxygens (including phenoxy) is 2. The van der Waals surface area contributed by atoms with Crippen LogP contribution in [-0.4, -0.2) is 49.2 Å². The predicted octanol–water partition coefficient (Wildman–Crippen LogP) is 3.22. The lowest BCUT2D eigenvalue weighted by Crippen LogP contribution is -2.64. The molecule has 7 nitrogen and oxygen atoms in total. The number of amides is 3. The molecule has 1 aromatic carbocycles. The number of urea groups is 1. The summed E-state index contributed by atoms with van der Waals surface area (Å²) in [4.78, 5) is 26.0. The van der Waals surface area contributed by atoms with E-state index in [0.717, 1.165) is 25.9 Å². The van der Waals surface area contributed by atoms with E-state index in [1.807, 2.05) is 18.9 Å². The molecule has 0 aromatic heterocycles. The lowest BCUT2D eigenvalue weighted by atomic mass is 9.60. The molecule has 1 aromatic rings. The number of anilines is 2. The minimum Gasteiger partial charge on any atom is -0.482 e. The highest BCUT2D eigenvalue weighted by Gasteiger charge is 2.58. The predicted molar refractivity (Wildman–Crippen MR) is 102 cm³/mol. The summed E-state index contributed by atoms with van der Waals surface area (Å²) in [6.07, 6.45) is 5.86. The third-order valence-electron chi connectivity index (χ3n) is 6.30. The Morgan fingerprint density at radius 2 is 2.19 bits per heavy atom. The zero-order valence-corrected chi connectivity index (χ0v) is 15.9. The second-order valence-corrected chi connectivity index (χ2v) is 7.72. The highest BCUT2D eigenvalue weighted by molar-refractivity contribution is 5.96. The molecule has 2 fully saturated rings. The molecule has 2 saturated carbocycles. The summed E-state index contributed by atoms with van der Waals surface area (Å²) in [6.45, 7) is 2.75. The number of nitrogens with zero attached hydrogens (tertiary/aromatic N) is 1. The number of carbonyl (C=O) groups is 2. The Morgan fingerprint density at radius 3 is 2.93 bits per heavy atom. The molecule has 2 aliphatic carbocycles. The number of carbonyl (C=O) groups excluding carboxylic acids is 2. The van der Waals surface area contributed by atoms with Gasteiger partial charge in [-0.25, -0.2) is 4.79 Å². The van der Waals surface area contributed by atoms with E-state index < -0.39 is 0 Å². The largest absolute Gasteiger partial charge is 0.482 e. The minimum atomic E-state index is -0.172. The Kier molecular flexibility index (Phi) is 4.72. The second-order valence-electron chi connectivity index (χ2n) is 7.72. The molecule has 4 rings (SSSR count). The van der Waals surface area contributed by atoms with Gasteiger partial charge in [-0.3, -0.25) is 4.79 Å². The summed E-state index contributed by atoms with van der Waals surface area (Å²) >= 11 is 0. The van der Waals surface area contributed by atoms with Crippen molar-refractivity contribution in [2.24, 2.45) is 5.41 Å². The zero-order chi connectivity index (χ0) is 19.0. The zero-order valence-electron chi connectivity index (χ0n) is 15.9. The molecule has 0 radical (unpaired) electrons. The van der Waals surface area contributed by atoms with Crippen molar-refractivity contribution in [3.63, 3.8) is 0 Å². The fourth-order valence-electron chi connectivity index (χ4n) is 4.90. The highest BCUT2D eigenvalue weighted by Crippen LogP contribution is 2.56. The first kappa shape index (κ1) is 18.1. The molecular weight excluding hydrogens is 346 g/mol. The lowest BCUT2D eigenvalue weighted by Gasteiger charge is -2.56. The number of hydrogen-bond donors (Lipinski definition) is 2. The van der Waals surface area contributed by atoms with Gasteiger partial charge in [0.25, 0.3) is 5.91 Å². The average Bonchev–Trinajstić information content (AvgIpc) is 3.17. The highest BCUT2D eigenvalue weighted by atomic mass is 16.5. The number of fused-ring (bicyclic) bond motifs is 1. The Balaban J connectivity index is 1.43. The van der Waals surface area contributed by atoms with Gasteiger partial charge in [0, 0.05) is 36.9 Å². The summed E-state index contributed by atoms with van der Waals surface area (Å²) in [7, 11) is 1.87. The summed E-state index contributed by atoms with van der Waals surface area (Å²) in [5, 5.41) is 5.71. The van der Waals surface area contributed by atoms with Crippen LogP contribution in [0.2, 0.25) is 0 Å². The topological polar surface area (TPSA) is 79.9 Å². The molecule has 2 atom stereocenters. The van der Waals surface area contributed by atoms with Gasteiger partial charge < -0.3 is 25.0 Å². The van der Waals surface area contributed by atoms with Crippen molar-refractivity contribution in [1.82, 2.24) is 4.90 Å². The van der Waals surface area contributed by atoms with Crippen molar-refractivity contribution in [2.75, 3.05) is 30.9 Å². The Bertz CT molecular complexity index is 745. The fourth-order valence-corrected chi connectivity index (χ4v) is 4.90. The van der Waals surface area contributed by atoms with Crippen molar-refractivity contribution in [3.8, 4) is 5.75 Å². The van der Waals surface area contributed by atoms with Gasteiger partial charge in [-0.2, -0.15) is 0 Å². The van der Waals surface area contributed by atoms with E-state index in [1.54, 1.807) is 18.2 Å². The second kappa shape index (κ2) is 7.03. The molecule has 27 heavy (non-hydrogen) atoms. The van der Waals surface area contributed by atoms with E-state index in [0.29, 0.717) is 17.1 Å². The van der Waals surface area contributed by atoms with E-state index >= 15 is 0 Å². The van der Waals surface area contributed by atoms with Crippen molar-refractivity contribution in [3.05, 3.63) is 18.2 Å². The monoisotopic (exact) mass is 373 g/mol. The fraction of sp³-hybridized carbons (Fsp3) is 0.600. The summed E-state index contributed by atoms with van der Waals surface area (Å²) in [5.41, 5.74) is 1.40. The summed E-state index contributed by atoms with van der Waals surface area (Å²) < 4.78 is 11.4. The van der Waals surface area contributed by atoms with Crippen LogP contribution in [0.15, 0.2) is 18.2 Å². The maximum Gasteiger partial charge on any atom is 0.321 e. The molecule has 1 spiro atoms. The van der Waals surface area contributed by atoms with Gasteiger partial charge in [-0.05, 0) is 38.3 Å². The van der Waals surface area contributed by atoms with E-state index in [9.17, 15) is 9.59 Å². The van der Waals surface area contributed by atoms with Gasteiger partial charge in [0.2, 0.25) is 0 Å². The molecular formula is C20H27N3O4. The average molecular weight is 373 g/mol. The van der Waals surface area contributed by atoms with Crippen LogP contribution in [0.25, 0.3) is 0 Å². The standard InChI is InChI=1S/C20H27N3O4/c1-3-26-17-11-16(20(17)8-4-5-9-20)23(2)19(25)21-13-6-7-14-15(10-13)27-12-18(24)22-14/h6-7,10,16-17H,3-5,8-9,11-12H2,1-2H3,(H,21,25)(H,22,24)/t16-,17-/m1/s1. The van der Waals surface area contributed by atoms with E-state index in [4.69, 9.17) is 9.47 Å². The van der Waals surface area contributed by atoms with Crippen LogP contribution >= 0.6 is 0 Å². The Labute approximate surface area is 159 Å². The first-order valence-corrected chi connectivity index (χ1v) is 9.75. The van der Waals surface area contributed by atoms with E-state index in [2.05, 4.69) is 10.6 Å². The molecule has 1 heterocycles. The van der Waals surface area contributed by atoms with Gasteiger partial charge in [0.05, 0.1) is 11.8 Å². The van der Waals surface area contributed by atoms with E-state index in [1.165, 1.54) is 12.8 Å². The molecule has 0 bridgehead atoms. The van der Waals surface area contributed by atoms with Crippen LogP contribution in [0.1, 0.15) is 39.0 Å². The van der Waals surface area contributed by atoms with Crippen LogP contribution in [0.3, 0.4) is 0 Å². The van der Waals surface area contributed by atoms with Crippen molar-refractivity contribution < 1.29 is 19.1 Å². The molecule has 1 aliphatic heterocycles. The van der Waals surface area contributed by atoms with Crippen LogP contribution < -0.4 is 15.4 Å². The number of nitrogens with one attached hydrogen (secondary N) is 2. The summed E-state index contributed by atoms with van der Waals surface area (Å²) in [5.74, 6) is 0.400. The first-order valence-electron chi connectivity index (χ1n) is 9.75. The van der Waals surface area contributed by atoms with E-state index in [-0.39, 0.29) is 36.1 Å². The van der Waals surface area contributed by atoms with Crippen molar-refractivity contribution in [1.29, 1.82) is 0 Å². The summed E-state index contributed by atoms with van der Waals surface area (Å²) in [6, 6.07) is 5.35. The van der Waals surface area contributed by atoms with Crippen LogP contribution in [0.4, 0.5) is 16.2 Å². The maximum absolute atomic E-state index is 12.8. The van der Waals surface area contributed by atoms with Crippen LogP contribution in [-0.2, 0) is 9.53 Å². The van der Waals surface area contributed by atoms with Gasteiger partial charge in [-0.15, -0.1) is 0 Å². The van der Waals surface area contributed by atoms with Gasteiger partial charge >= 0.3 is 6.03 Å². The smallest absolute Gasteiger partial charge is 0.321 e. The lowest BCUT2D eigenvalue weighted by molar-refractivity contribution is -0.150. The SMILES string of the molecule is CCO[C@@H]1C[C@@H](N(C)C(=O)Nc2ccc3c(c2)OCC(=O)N3)C12CCCC2. The third-order valence-corrected chi connectivity index (χ3v) is 6.30. The van der Waals surface area contributed by atoms with Gasteiger partial charge in [0.15, 0.2) is 6.61 Å². The number of rotatable bonds is 4. The molecule has 3 aliphatic rings.